The lowest BCUT2D eigenvalue weighted by molar-refractivity contribution is 0.0994. The molecule has 5 nitrogen and oxygen atoms in total. The summed E-state index contributed by atoms with van der Waals surface area (Å²) in [6, 6.07) is 13.4. The van der Waals surface area contributed by atoms with Crippen molar-refractivity contribution in [2.24, 2.45) is 0 Å². The number of aromatic nitrogens is 2. The van der Waals surface area contributed by atoms with Gasteiger partial charge in [-0.1, -0.05) is 30.3 Å². The summed E-state index contributed by atoms with van der Waals surface area (Å²) in [6.45, 7) is 10.8. The molecule has 0 radical (unpaired) electrons. The van der Waals surface area contributed by atoms with Gasteiger partial charge in [-0.05, 0) is 96.1 Å². The Bertz CT molecular complexity index is 1270. The van der Waals surface area contributed by atoms with Crippen molar-refractivity contribution in [1.29, 1.82) is 0 Å². The molecule has 0 atom stereocenters. The first-order chi connectivity index (χ1) is 15.3. The minimum absolute atomic E-state index is 0.257. The van der Waals surface area contributed by atoms with Crippen LogP contribution in [0.3, 0.4) is 0 Å². The van der Waals surface area contributed by atoms with Gasteiger partial charge in [-0.25, -0.2) is 0 Å². The van der Waals surface area contributed by atoms with Crippen LogP contribution in [0.4, 0.5) is 5.82 Å². The molecule has 1 amide bonds. The molecule has 4 aromatic rings. The number of anilines is 1. The van der Waals surface area contributed by atoms with Gasteiger partial charge in [0.1, 0.15) is 5.76 Å². The zero-order valence-corrected chi connectivity index (χ0v) is 20.5. The Morgan fingerprint density at radius 1 is 0.938 bits per heavy atom. The third-order valence-electron chi connectivity index (χ3n) is 6.39. The summed E-state index contributed by atoms with van der Waals surface area (Å²) in [6.07, 6.45) is 0.650. The number of rotatable bonds is 5. The number of furan rings is 1. The third-order valence-corrected chi connectivity index (χ3v) is 7.17. The van der Waals surface area contributed by atoms with Gasteiger partial charge in [-0.3, -0.25) is 9.89 Å². The first-order valence-corrected chi connectivity index (χ1v) is 11.3. The maximum absolute atomic E-state index is 12.8. The molecular weight excluding hydrogens is 466 g/mol. The molecule has 0 unspecified atom stereocenters. The molecule has 0 aliphatic carbocycles. The van der Waals surface area contributed by atoms with Crippen molar-refractivity contribution in [1.82, 2.24) is 10.2 Å². The number of benzene rings is 2. The van der Waals surface area contributed by atoms with Crippen LogP contribution in [0.25, 0.3) is 11.3 Å². The van der Waals surface area contributed by atoms with E-state index in [1.54, 1.807) is 6.07 Å². The fraction of sp³-hybridized carbons (Fsp3) is 0.231. The Morgan fingerprint density at radius 2 is 1.56 bits per heavy atom. The Morgan fingerprint density at radius 3 is 2.22 bits per heavy atom. The average molecular weight is 492 g/mol. The topological polar surface area (TPSA) is 70.9 Å². The largest absolute Gasteiger partial charge is 0.456 e. The van der Waals surface area contributed by atoms with Gasteiger partial charge in [0.25, 0.3) is 5.91 Å². The second-order valence-corrected chi connectivity index (χ2v) is 8.92. The second kappa shape index (κ2) is 8.79. The molecule has 0 saturated heterocycles. The summed E-state index contributed by atoms with van der Waals surface area (Å²) in [4.78, 5) is 12.8. The minimum Gasteiger partial charge on any atom is -0.456 e. The fourth-order valence-electron chi connectivity index (χ4n) is 3.99. The summed E-state index contributed by atoms with van der Waals surface area (Å²) < 4.78 is 6.60. The normalized spacial score (nSPS) is 11.1. The van der Waals surface area contributed by atoms with Crippen LogP contribution >= 0.6 is 15.9 Å². The lowest BCUT2D eigenvalue weighted by Crippen LogP contribution is -2.11. The standard InChI is InChI=1S/C26H26BrN3O2/c1-14-15(2)17(4)21(18(5)16(14)3)13-20-11-12-22(32-20)26(31)28-25-23(27)24(29-30-25)19-9-7-6-8-10-19/h6-12H,13H2,1-5H3,(H2,28,29,30,31). The van der Waals surface area contributed by atoms with Crippen LogP contribution in [-0.4, -0.2) is 16.1 Å². The first-order valence-electron chi connectivity index (χ1n) is 10.5. The third kappa shape index (κ3) is 4.02. The van der Waals surface area contributed by atoms with Crippen molar-refractivity contribution in [3.63, 3.8) is 0 Å². The molecule has 0 spiro atoms. The van der Waals surface area contributed by atoms with Crippen molar-refractivity contribution in [3.8, 4) is 11.3 Å². The minimum atomic E-state index is -0.340. The Labute approximate surface area is 196 Å². The molecule has 32 heavy (non-hydrogen) atoms. The van der Waals surface area contributed by atoms with Crippen molar-refractivity contribution in [3.05, 3.63) is 91.8 Å². The second-order valence-electron chi connectivity index (χ2n) is 8.13. The Kier molecular flexibility index (Phi) is 6.07. The zero-order valence-electron chi connectivity index (χ0n) is 18.9. The number of nitrogens with one attached hydrogen (secondary N) is 2. The summed E-state index contributed by atoms with van der Waals surface area (Å²) >= 11 is 3.53. The molecular formula is C26H26BrN3O2. The molecule has 0 saturated carbocycles. The highest BCUT2D eigenvalue weighted by molar-refractivity contribution is 9.10. The van der Waals surface area contributed by atoms with Crippen LogP contribution in [0.1, 0.15) is 49.7 Å². The smallest absolute Gasteiger partial charge is 0.292 e. The molecule has 2 N–H and O–H groups in total. The predicted octanol–water partition coefficient (Wildman–Crippen LogP) is 6.82. The first kappa shape index (κ1) is 22.1. The molecule has 2 aromatic heterocycles. The molecule has 0 aliphatic rings. The Hall–Kier alpha value is -3.12. The van der Waals surface area contributed by atoms with Crippen molar-refractivity contribution in [2.75, 3.05) is 5.32 Å². The predicted molar refractivity (Wildman–Crippen MR) is 131 cm³/mol. The number of nitrogens with zero attached hydrogens (tertiary/aromatic N) is 1. The van der Waals surface area contributed by atoms with Crippen LogP contribution in [0.5, 0.6) is 0 Å². The van der Waals surface area contributed by atoms with Crippen LogP contribution < -0.4 is 5.32 Å². The van der Waals surface area contributed by atoms with Crippen LogP contribution in [-0.2, 0) is 6.42 Å². The van der Waals surface area contributed by atoms with Crippen LogP contribution in [0.2, 0.25) is 0 Å². The van der Waals surface area contributed by atoms with Crippen LogP contribution in [0, 0.1) is 34.6 Å². The molecule has 0 aliphatic heterocycles. The van der Waals surface area contributed by atoms with E-state index in [2.05, 4.69) is 66.1 Å². The van der Waals surface area contributed by atoms with Crippen molar-refractivity contribution < 1.29 is 9.21 Å². The van der Waals surface area contributed by atoms with E-state index in [1.807, 2.05) is 36.4 Å². The zero-order chi connectivity index (χ0) is 23.0. The molecule has 164 valence electrons. The van der Waals surface area contributed by atoms with E-state index in [-0.39, 0.29) is 11.7 Å². The van der Waals surface area contributed by atoms with E-state index in [4.69, 9.17) is 4.42 Å². The van der Waals surface area contributed by atoms with E-state index in [0.717, 1.165) is 17.0 Å². The molecule has 0 fully saturated rings. The molecule has 4 rings (SSSR count). The Balaban J connectivity index is 1.53. The number of halogens is 1. The van der Waals surface area contributed by atoms with Gasteiger partial charge in [-0.2, -0.15) is 5.10 Å². The van der Waals surface area contributed by atoms with Gasteiger partial charge in [0.15, 0.2) is 11.6 Å². The summed E-state index contributed by atoms with van der Waals surface area (Å²) in [5, 5.41) is 10.0. The number of carbonyl (C=O) groups is 1. The van der Waals surface area contributed by atoms with Crippen LogP contribution in [0.15, 0.2) is 51.4 Å². The maximum atomic E-state index is 12.8. The molecule has 6 heteroatoms. The van der Waals surface area contributed by atoms with E-state index < -0.39 is 0 Å². The highest BCUT2D eigenvalue weighted by atomic mass is 79.9. The summed E-state index contributed by atoms with van der Waals surface area (Å²) in [5.74, 6) is 1.10. The van der Waals surface area contributed by atoms with Crippen molar-refractivity contribution >= 4 is 27.7 Å². The highest BCUT2D eigenvalue weighted by Gasteiger charge is 2.19. The molecule has 0 bridgehead atoms. The quantitative estimate of drug-likeness (QED) is 0.321. The number of hydrogen-bond acceptors (Lipinski definition) is 3. The summed E-state index contributed by atoms with van der Waals surface area (Å²) in [7, 11) is 0. The maximum Gasteiger partial charge on any atom is 0.292 e. The molecule has 2 aromatic carbocycles. The monoisotopic (exact) mass is 491 g/mol. The van der Waals surface area contributed by atoms with Crippen molar-refractivity contribution in [2.45, 2.75) is 41.0 Å². The lowest BCUT2D eigenvalue weighted by atomic mass is 9.88. The van der Waals surface area contributed by atoms with E-state index in [9.17, 15) is 4.79 Å². The average Bonchev–Trinajstić information content (AvgIpc) is 3.41. The summed E-state index contributed by atoms with van der Waals surface area (Å²) in [5.41, 5.74) is 9.55. The van der Waals surface area contributed by atoms with E-state index >= 15 is 0 Å². The van der Waals surface area contributed by atoms with Gasteiger partial charge in [-0.15, -0.1) is 0 Å². The van der Waals surface area contributed by atoms with Gasteiger partial charge >= 0.3 is 0 Å². The molecule has 2 heterocycles. The van der Waals surface area contributed by atoms with Gasteiger partial charge in [0.2, 0.25) is 0 Å². The number of H-pyrrole nitrogens is 1. The van der Waals surface area contributed by atoms with Gasteiger partial charge in [0.05, 0.1) is 10.2 Å². The SMILES string of the molecule is Cc1c(C)c(C)c(Cc2ccc(C(=O)Nc3n[nH]c(-c4ccccc4)c3Br)o2)c(C)c1C. The number of carbonyl (C=O) groups excluding carboxylic acids is 1. The lowest BCUT2D eigenvalue weighted by Gasteiger charge is -2.18. The number of hydrogen-bond donors (Lipinski definition) is 2. The van der Waals surface area contributed by atoms with E-state index in [0.29, 0.717) is 16.7 Å². The van der Waals surface area contributed by atoms with E-state index in [1.165, 1.54) is 33.4 Å². The highest BCUT2D eigenvalue weighted by Crippen LogP contribution is 2.32. The number of amides is 1. The fourth-order valence-corrected chi connectivity index (χ4v) is 4.49. The van der Waals surface area contributed by atoms with Gasteiger partial charge < -0.3 is 9.73 Å². The number of aromatic amines is 1. The van der Waals surface area contributed by atoms with Gasteiger partial charge in [0, 0.05) is 12.0 Å².